The highest BCUT2D eigenvalue weighted by atomic mass is 79.9. The summed E-state index contributed by atoms with van der Waals surface area (Å²) in [4.78, 5) is 32.7. The van der Waals surface area contributed by atoms with E-state index in [4.69, 9.17) is 4.74 Å². The van der Waals surface area contributed by atoms with Crippen molar-refractivity contribution in [2.45, 2.75) is 25.8 Å². The number of aromatic nitrogens is 1. The molecular formula is C20H22BrN3O3. The van der Waals surface area contributed by atoms with Crippen molar-refractivity contribution in [3.8, 4) is 0 Å². The lowest BCUT2D eigenvalue weighted by Crippen LogP contribution is -2.45. The maximum atomic E-state index is 13.1. The number of carbonyl (C=O) groups is 2. The second kappa shape index (κ2) is 8.99. The van der Waals surface area contributed by atoms with Crippen molar-refractivity contribution in [2.24, 2.45) is 0 Å². The van der Waals surface area contributed by atoms with E-state index in [1.807, 2.05) is 29.2 Å². The van der Waals surface area contributed by atoms with Crippen LogP contribution < -0.4 is 4.90 Å². The van der Waals surface area contributed by atoms with Crippen LogP contribution in [0.25, 0.3) is 0 Å². The average molecular weight is 432 g/mol. The molecule has 0 N–H and O–H groups in total. The lowest BCUT2D eigenvalue weighted by molar-refractivity contribution is 0.0600. The largest absolute Gasteiger partial charge is 0.465 e. The number of nitrogens with zero attached hydrogens (tertiary/aromatic N) is 3. The Morgan fingerprint density at radius 1 is 1.11 bits per heavy atom. The van der Waals surface area contributed by atoms with E-state index in [0.29, 0.717) is 17.8 Å². The zero-order valence-corrected chi connectivity index (χ0v) is 16.8. The van der Waals surface area contributed by atoms with Crippen LogP contribution in [0, 0.1) is 0 Å². The predicted molar refractivity (Wildman–Crippen MR) is 107 cm³/mol. The van der Waals surface area contributed by atoms with Gasteiger partial charge in [0.15, 0.2) is 0 Å². The van der Waals surface area contributed by atoms with E-state index in [1.54, 1.807) is 17.0 Å². The number of piperidine rings is 1. The standard InChI is InChI=1S/C20H22BrN3O3/c1-27-19(25)15-5-8-17(22-13-15)14-24(18-9-6-16(21)7-10-18)20(26)23-11-3-2-4-12-23/h5-10,13H,2-4,11-12,14H2,1H3. The van der Waals surface area contributed by atoms with E-state index < -0.39 is 5.97 Å². The third kappa shape index (κ3) is 4.86. The van der Waals surface area contributed by atoms with E-state index >= 15 is 0 Å². The molecule has 0 aliphatic carbocycles. The van der Waals surface area contributed by atoms with Crippen molar-refractivity contribution < 1.29 is 14.3 Å². The van der Waals surface area contributed by atoms with E-state index in [9.17, 15) is 9.59 Å². The Kier molecular flexibility index (Phi) is 6.45. The molecule has 6 nitrogen and oxygen atoms in total. The first-order valence-corrected chi connectivity index (χ1v) is 9.73. The van der Waals surface area contributed by atoms with Crippen molar-refractivity contribution in [2.75, 3.05) is 25.1 Å². The van der Waals surface area contributed by atoms with Gasteiger partial charge >= 0.3 is 12.0 Å². The van der Waals surface area contributed by atoms with Gasteiger partial charge in [0.1, 0.15) is 0 Å². The van der Waals surface area contributed by atoms with Gasteiger partial charge in [-0.15, -0.1) is 0 Å². The summed E-state index contributed by atoms with van der Waals surface area (Å²) in [7, 11) is 1.34. The smallest absolute Gasteiger partial charge is 0.339 e. The summed E-state index contributed by atoms with van der Waals surface area (Å²) >= 11 is 3.43. The topological polar surface area (TPSA) is 62.7 Å². The van der Waals surface area contributed by atoms with Crippen molar-refractivity contribution in [1.82, 2.24) is 9.88 Å². The molecule has 0 radical (unpaired) electrons. The summed E-state index contributed by atoms with van der Waals surface area (Å²) in [5, 5.41) is 0. The molecule has 142 valence electrons. The molecule has 1 fully saturated rings. The Morgan fingerprint density at radius 3 is 2.41 bits per heavy atom. The van der Waals surface area contributed by atoms with E-state index in [-0.39, 0.29) is 6.03 Å². The monoisotopic (exact) mass is 431 g/mol. The number of hydrogen-bond donors (Lipinski definition) is 0. The summed E-state index contributed by atoms with van der Waals surface area (Å²) < 4.78 is 5.66. The van der Waals surface area contributed by atoms with Gasteiger partial charge in [-0.2, -0.15) is 0 Å². The molecule has 1 aliphatic rings. The predicted octanol–water partition coefficient (Wildman–Crippen LogP) is 4.24. The minimum Gasteiger partial charge on any atom is -0.465 e. The minimum atomic E-state index is -0.428. The molecule has 2 heterocycles. The van der Waals surface area contributed by atoms with Crippen molar-refractivity contribution >= 4 is 33.6 Å². The molecule has 2 aromatic rings. The number of pyridine rings is 1. The summed E-state index contributed by atoms with van der Waals surface area (Å²) in [5.74, 6) is -0.428. The lowest BCUT2D eigenvalue weighted by Gasteiger charge is -2.33. The Labute approximate surface area is 167 Å². The second-order valence-electron chi connectivity index (χ2n) is 6.42. The number of hydrogen-bond acceptors (Lipinski definition) is 4. The number of methoxy groups -OCH3 is 1. The van der Waals surface area contributed by atoms with Crippen LogP contribution in [-0.4, -0.2) is 42.1 Å². The quantitative estimate of drug-likeness (QED) is 0.678. The summed E-state index contributed by atoms with van der Waals surface area (Å²) in [6.45, 7) is 1.89. The van der Waals surface area contributed by atoms with Gasteiger partial charge in [-0.25, -0.2) is 9.59 Å². The molecule has 2 amide bonds. The third-order valence-corrected chi connectivity index (χ3v) is 5.09. The van der Waals surface area contributed by atoms with E-state index in [2.05, 4.69) is 20.9 Å². The number of benzene rings is 1. The second-order valence-corrected chi connectivity index (χ2v) is 7.34. The molecule has 0 atom stereocenters. The van der Waals surface area contributed by atoms with Gasteiger partial charge in [0.2, 0.25) is 0 Å². The molecule has 27 heavy (non-hydrogen) atoms. The number of carbonyl (C=O) groups excluding carboxylic acids is 2. The van der Waals surface area contributed by atoms with Crippen LogP contribution in [0.4, 0.5) is 10.5 Å². The number of likely N-dealkylation sites (tertiary alicyclic amines) is 1. The SMILES string of the molecule is COC(=O)c1ccc(CN(C(=O)N2CCCCC2)c2ccc(Br)cc2)nc1. The van der Waals surface area contributed by atoms with Crippen molar-refractivity contribution in [3.63, 3.8) is 0 Å². The lowest BCUT2D eigenvalue weighted by atomic mass is 10.1. The van der Waals surface area contributed by atoms with E-state index in [1.165, 1.54) is 19.7 Å². The first kappa shape index (κ1) is 19.4. The van der Waals surface area contributed by atoms with Crippen LogP contribution in [-0.2, 0) is 11.3 Å². The number of halogens is 1. The summed E-state index contributed by atoms with van der Waals surface area (Å²) in [5.41, 5.74) is 1.90. The van der Waals surface area contributed by atoms with Gasteiger partial charge in [-0.05, 0) is 55.7 Å². The van der Waals surface area contributed by atoms with Gasteiger partial charge in [0, 0.05) is 29.4 Å². The van der Waals surface area contributed by atoms with Gasteiger partial charge < -0.3 is 9.64 Å². The third-order valence-electron chi connectivity index (χ3n) is 4.56. The van der Waals surface area contributed by atoms with E-state index in [0.717, 1.165) is 36.1 Å². The summed E-state index contributed by atoms with van der Waals surface area (Å²) in [6, 6.07) is 11.1. The number of ether oxygens (including phenoxy) is 1. The number of esters is 1. The van der Waals surface area contributed by atoms with Crippen LogP contribution in [0.3, 0.4) is 0 Å². The maximum Gasteiger partial charge on any atom is 0.339 e. The molecule has 3 rings (SSSR count). The van der Waals surface area contributed by atoms with Crippen LogP contribution in [0.5, 0.6) is 0 Å². The highest BCUT2D eigenvalue weighted by Crippen LogP contribution is 2.23. The van der Waals surface area contributed by atoms with Crippen LogP contribution in [0.2, 0.25) is 0 Å². The molecule has 1 aromatic heterocycles. The molecule has 0 unspecified atom stereocenters. The number of anilines is 1. The Hall–Kier alpha value is -2.41. The van der Waals surface area contributed by atoms with Crippen molar-refractivity contribution in [1.29, 1.82) is 0 Å². The fraction of sp³-hybridized carbons (Fsp3) is 0.350. The highest BCUT2D eigenvalue weighted by Gasteiger charge is 2.24. The van der Waals surface area contributed by atoms with Gasteiger partial charge in [-0.1, -0.05) is 15.9 Å². The zero-order valence-electron chi connectivity index (χ0n) is 15.2. The normalized spacial score (nSPS) is 13.9. The minimum absolute atomic E-state index is 0.0177. The molecule has 1 aliphatic heterocycles. The molecule has 0 spiro atoms. The molecule has 1 saturated heterocycles. The molecular weight excluding hydrogens is 410 g/mol. The van der Waals surface area contributed by atoms with Gasteiger partial charge in [0.25, 0.3) is 0 Å². The number of amides is 2. The average Bonchev–Trinajstić information content (AvgIpc) is 2.73. The first-order valence-electron chi connectivity index (χ1n) is 8.94. The molecule has 1 aromatic carbocycles. The first-order chi connectivity index (χ1) is 13.1. The zero-order chi connectivity index (χ0) is 19.2. The molecule has 7 heteroatoms. The van der Waals surface area contributed by atoms with Gasteiger partial charge in [-0.3, -0.25) is 9.88 Å². The fourth-order valence-electron chi connectivity index (χ4n) is 3.06. The molecule has 0 bridgehead atoms. The highest BCUT2D eigenvalue weighted by molar-refractivity contribution is 9.10. The van der Waals surface area contributed by atoms with Crippen LogP contribution in [0.1, 0.15) is 35.3 Å². The maximum absolute atomic E-state index is 13.1. The Balaban J connectivity index is 1.83. The Bertz CT molecular complexity index is 787. The summed E-state index contributed by atoms with van der Waals surface area (Å²) in [6.07, 6.45) is 4.71. The number of urea groups is 1. The number of rotatable bonds is 4. The van der Waals surface area contributed by atoms with Crippen LogP contribution in [0.15, 0.2) is 47.1 Å². The Morgan fingerprint density at radius 2 is 1.81 bits per heavy atom. The van der Waals surface area contributed by atoms with Crippen LogP contribution >= 0.6 is 15.9 Å². The van der Waals surface area contributed by atoms with Gasteiger partial charge in [0.05, 0.1) is 24.9 Å². The fourth-order valence-corrected chi connectivity index (χ4v) is 3.33. The molecule has 0 saturated carbocycles. The van der Waals surface area contributed by atoms with Crippen molar-refractivity contribution in [3.05, 3.63) is 58.3 Å².